The quantitative estimate of drug-likeness (QED) is 0.0897. The normalized spacial score (nSPS) is 11.9. The maximum atomic E-state index is 13.1. The van der Waals surface area contributed by atoms with Crippen molar-refractivity contribution in [1.29, 1.82) is 0 Å². The molecule has 0 aliphatic rings. The lowest BCUT2D eigenvalue weighted by Crippen LogP contribution is -2.40. The average molecular weight is 715 g/mol. The van der Waals surface area contributed by atoms with E-state index in [4.69, 9.17) is 5.73 Å². The molecule has 0 bridgehead atoms. The summed E-state index contributed by atoms with van der Waals surface area (Å²) in [6, 6.07) is 45.4. The number of hydrogen-bond donors (Lipinski definition) is 4. The van der Waals surface area contributed by atoms with Crippen LogP contribution in [0.15, 0.2) is 164 Å². The molecule has 8 heteroatoms. The molecule has 2 amide bonds. The van der Waals surface area contributed by atoms with Gasteiger partial charge in [0.25, 0.3) is 0 Å². The number of pyridine rings is 2. The van der Waals surface area contributed by atoms with E-state index >= 15 is 0 Å². The van der Waals surface area contributed by atoms with Crippen molar-refractivity contribution in [3.63, 3.8) is 0 Å². The number of rotatable bonds is 14. The van der Waals surface area contributed by atoms with Gasteiger partial charge in [-0.2, -0.15) is 0 Å². The third kappa shape index (κ3) is 11.4. The first-order chi connectivity index (χ1) is 26.5. The van der Waals surface area contributed by atoms with Gasteiger partial charge in [-0.05, 0) is 96.0 Å². The van der Waals surface area contributed by atoms with Gasteiger partial charge in [-0.25, -0.2) is 0 Å². The Hall–Kier alpha value is -6.22. The van der Waals surface area contributed by atoms with Crippen LogP contribution in [0.3, 0.4) is 0 Å². The summed E-state index contributed by atoms with van der Waals surface area (Å²) in [5.74, 6) is -0.165. The van der Waals surface area contributed by atoms with E-state index in [1.807, 2.05) is 109 Å². The van der Waals surface area contributed by atoms with Gasteiger partial charge in [0.2, 0.25) is 11.8 Å². The van der Waals surface area contributed by atoms with Gasteiger partial charge in [0.1, 0.15) is 0 Å². The number of carbonyl (C=O) groups excluding carboxylic acids is 2. The largest absolute Gasteiger partial charge is 0.325 e. The second-order valence-corrected chi connectivity index (χ2v) is 13.3. The molecule has 0 saturated carbocycles. The highest BCUT2D eigenvalue weighted by atomic mass is 16.2. The molecular weight excluding hydrogens is 669 g/mol. The molecule has 7 rings (SSSR count). The number of benzene rings is 5. The number of fused-ring (bicyclic) bond motifs is 2. The molecular formula is C46H46N6O2. The van der Waals surface area contributed by atoms with Crippen molar-refractivity contribution in [2.45, 2.75) is 50.7 Å². The molecule has 0 radical (unpaired) electrons. The van der Waals surface area contributed by atoms with Crippen molar-refractivity contribution >= 4 is 44.7 Å². The first kappa shape index (κ1) is 37.5. The fourth-order valence-electron chi connectivity index (χ4n) is 6.20. The Morgan fingerprint density at radius 1 is 0.537 bits per heavy atom. The van der Waals surface area contributed by atoms with Crippen molar-refractivity contribution < 1.29 is 9.59 Å². The van der Waals surface area contributed by atoms with E-state index in [-0.39, 0.29) is 17.9 Å². The number of hydrogen-bond acceptors (Lipinski definition) is 6. The Bertz CT molecular complexity index is 2230. The summed E-state index contributed by atoms with van der Waals surface area (Å²) < 4.78 is 0. The summed E-state index contributed by atoms with van der Waals surface area (Å²) in [4.78, 5) is 33.6. The molecule has 5 N–H and O–H groups in total. The molecule has 2 heterocycles. The van der Waals surface area contributed by atoms with Crippen LogP contribution in [0.2, 0.25) is 0 Å². The summed E-state index contributed by atoms with van der Waals surface area (Å²) in [5, 5.41) is 13.6. The molecule has 8 nitrogen and oxygen atoms in total. The predicted molar refractivity (Wildman–Crippen MR) is 220 cm³/mol. The Morgan fingerprint density at radius 2 is 1.07 bits per heavy atom. The first-order valence-corrected chi connectivity index (χ1v) is 18.4. The second-order valence-electron chi connectivity index (χ2n) is 13.3. The van der Waals surface area contributed by atoms with E-state index < -0.39 is 6.04 Å². The number of nitrogens with two attached hydrogens (primary N) is 1. The van der Waals surface area contributed by atoms with Crippen LogP contribution in [0.25, 0.3) is 21.5 Å². The smallest absolute Gasteiger partial charge is 0.241 e. The van der Waals surface area contributed by atoms with Crippen molar-refractivity contribution in [3.8, 4) is 0 Å². The van der Waals surface area contributed by atoms with Crippen LogP contribution in [0, 0.1) is 0 Å². The van der Waals surface area contributed by atoms with E-state index in [0.29, 0.717) is 13.0 Å². The molecule has 7 aromatic rings. The van der Waals surface area contributed by atoms with Crippen LogP contribution in [-0.2, 0) is 29.0 Å². The number of carbonyl (C=O) groups is 2. The summed E-state index contributed by atoms with van der Waals surface area (Å²) in [7, 11) is 0. The second kappa shape index (κ2) is 19.6. The van der Waals surface area contributed by atoms with Crippen molar-refractivity contribution in [2.75, 3.05) is 10.6 Å². The Balaban J connectivity index is 0.000000193. The van der Waals surface area contributed by atoms with Gasteiger partial charge in [0, 0.05) is 53.5 Å². The summed E-state index contributed by atoms with van der Waals surface area (Å²) in [5.41, 5.74) is 11.2. The van der Waals surface area contributed by atoms with Gasteiger partial charge in [-0.1, -0.05) is 103 Å². The van der Waals surface area contributed by atoms with Crippen LogP contribution in [0.5, 0.6) is 0 Å². The Morgan fingerprint density at radius 3 is 1.74 bits per heavy atom. The molecule has 2 aromatic heterocycles. The number of aromatic nitrogens is 2. The average Bonchev–Trinajstić information content (AvgIpc) is 3.22. The van der Waals surface area contributed by atoms with Crippen LogP contribution in [0.4, 0.5) is 11.4 Å². The summed E-state index contributed by atoms with van der Waals surface area (Å²) >= 11 is 0. The van der Waals surface area contributed by atoms with Crippen molar-refractivity contribution in [3.05, 3.63) is 181 Å². The zero-order chi connectivity index (χ0) is 37.4. The van der Waals surface area contributed by atoms with Gasteiger partial charge >= 0.3 is 0 Å². The van der Waals surface area contributed by atoms with Gasteiger partial charge < -0.3 is 21.7 Å². The number of nitrogens with zero attached hydrogens (tertiary/aromatic N) is 2. The Labute approximate surface area is 316 Å². The fraction of sp³-hybridized carbons (Fsp3) is 0.174. The first-order valence-electron chi connectivity index (χ1n) is 18.4. The summed E-state index contributed by atoms with van der Waals surface area (Å²) in [6.45, 7) is 0.660. The fourth-order valence-corrected chi connectivity index (χ4v) is 6.20. The van der Waals surface area contributed by atoms with E-state index in [1.165, 1.54) is 16.7 Å². The van der Waals surface area contributed by atoms with Crippen molar-refractivity contribution in [2.24, 2.45) is 5.73 Å². The molecule has 0 spiro atoms. The van der Waals surface area contributed by atoms with Gasteiger partial charge in [0.15, 0.2) is 0 Å². The molecule has 2 unspecified atom stereocenters. The molecule has 2 atom stereocenters. The third-order valence-electron chi connectivity index (χ3n) is 9.25. The topological polar surface area (TPSA) is 122 Å². The van der Waals surface area contributed by atoms with Crippen LogP contribution < -0.4 is 21.7 Å². The highest BCUT2D eigenvalue weighted by Crippen LogP contribution is 2.20. The lowest BCUT2D eigenvalue weighted by atomic mass is 10.0. The van der Waals surface area contributed by atoms with Gasteiger partial charge in [-0.3, -0.25) is 19.6 Å². The van der Waals surface area contributed by atoms with E-state index in [1.54, 1.807) is 18.6 Å². The number of nitrogens with one attached hydrogen (secondary N) is 3. The summed E-state index contributed by atoms with van der Waals surface area (Å²) in [6.07, 6.45) is 11.2. The third-order valence-corrected chi connectivity index (χ3v) is 9.25. The molecule has 0 fully saturated rings. The zero-order valence-corrected chi connectivity index (χ0v) is 30.3. The van der Waals surface area contributed by atoms with Crippen LogP contribution in [0.1, 0.15) is 36.0 Å². The number of aryl methyl sites for hydroxylation is 2. The highest BCUT2D eigenvalue weighted by Gasteiger charge is 2.18. The molecule has 54 heavy (non-hydrogen) atoms. The predicted octanol–water partition coefficient (Wildman–Crippen LogP) is 8.49. The molecule has 0 saturated heterocycles. The van der Waals surface area contributed by atoms with E-state index in [2.05, 4.69) is 62.3 Å². The molecule has 272 valence electrons. The number of amides is 2. The SMILES string of the molecule is NC(CCc1ccccc1)C(=O)Nc1ccc2ccncc2c1.O=C(Nc1ccc2cnccc2c1)C(CCCc1ccccc1)NCc1ccccc1. The maximum Gasteiger partial charge on any atom is 0.241 e. The maximum absolute atomic E-state index is 13.1. The molecule has 5 aromatic carbocycles. The standard InChI is InChI=1S/C27H27N3O.C19H19N3O/c31-27(30-25-15-14-24-20-28-17-16-23(24)18-25)26(29-19-22-10-5-2-6-11-22)13-7-12-21-8-3-1-4-9-21;20-18(9-6-14-4-2-1-3-5-14)19(23)22-17-8-7-15-10-11-21-13-16(15)12-17/h1-6,8-11,14-18,20,26,29H,7,12-13,19H2,(H,30,31);1-5,7-8,10-13,18H,6,9,20H2,(H,22,23). The highest BCUT2D eigenvalue weighted by molar-refractivity contribution is 5.98. The van der Waals surface area contributed by atoms with Crippen LogP contribution in [-0.4, -0.2) is 33.9 Å². The Kier molecular flexibility index (Phi) is 13.6. The molecule has 0 aliphatic carbocycles. The molecule has 0 aliphatic heterocycles. The minimum Gasteiger partial charge on any atom is -0.325 e. The monoisotopic (exact) mass is 714 g/mol. The lowest BCUT2D eigenvalue weighted by Gasteiger charge is -2.19. The van der Waals surface area contributed by atoms with Crippen LogP contribution >= 0.6 is 0 Å². The number of anilines is 2. The van der Waals surface area contributed by atoms with Gasteiger partial charge in [0.05, 0.1) is 12.1 Å². The van der Waals surface area contributed by atoms with Crippen molar-refractivity contribution in [1.82, 2.24) is 15.3 Å². The lowest BCUT2D eigenvalue weighted by molar-refractivity contribution is -0.118. The zero-order valence-electron chi connectivity index (χ0n) is 30.3. The van der Waals surface area contributed by atoms with E-state index in [0.717, 1.165) is 58.6 Å². The van der Waals surface area contributed by atoms with E-state index in [9.17, 15) is 9.59 Å². The minimum atomic E-state index is -0.528. The van der Waals surface area contributed by atoms with Gasteiger partial charge in [-0.15, -0.1) is 0 Å². The minimum absolute atomic E-state index is 0.00241.